The summed E-state index contributed by atoms with van der Waals surface area (Å²) < 4.78 is 0. The normalized spacial score (nSPS) is 11.7. The first-order valence-corrected chi connectivity index (χ1v) is 5.55. The second kappa shape index (κ2) is 5.59. The maximum Gasteiger partial charge on any atom is 0.189 e. The first-order chi connectivity index (χ1) is 6.72. The van der Waals surface area contributed by atoms with E-state index >= 15 is 0 Å². The first kappa shape index (κ1) is 11.0. The molecule has 5 heteroatoms. The number of aromatic nitrogens is 1. The van der Waals surface area contributed by atoms with Crippen LogP contribution in [0.15, 0.2) is 10.4 Å². The predicted octanol–water partition coefficient (Wildman–Crippen LogP) is 1.27. The summed E-state index contributed by atoms with van der Waals surface area (Å²) in [5.74, 6) is 0.500. The third kappa shape index (κ3) is 3.74. The Bertz CT molecular complexity index is 306. The highest BCUT2D eigenvalue weighted by Crippen LogP contribution is 2.09. The van der Waals surface area contributed by atoms with E-state index in [1.807, 2.05) is 12.3 Å². The summed E-state index contributed by atoms with van der Waals surface area (Å²) in [6.07, 6.45) is 1.05. The zero-order valence-electron chi connectivity index (χ0n) is 8.58. The van der Waals surface area contributed by atoms with Crippen LogP contribution in [0.1, 0.15) is 24.0 Å². The Hall–Kier alpha value is -1.10. The smallest absolute Gasteiger partial charge is 0.189 e. The molecule has 0 aliphatic heterocycles. The van der Waals surface area contributed by atoms with Crippen LogP contribution >= 0.6 is 11.3 Å². The fourth-order valence-corrected chi connectivity index (χ4v) is 1.63. The molecular weight excluding hydrogens is 196 g/mol. The molecule has 0 spiro atoms. The Kier molecular flexibility index (Phi) is 4.39. The lowest BCUT2D eigenvalue weighted by atomic mass is 10.5. The van der Waals surface area contributed by atoms with Crippen molar-refractivity contribution in [3.63, 3.8) is 0 Å². The van der Waals surface area contributed by atoms with E-state index in [4.69, 9.17) is 5.73 Å². The van der Waals surface area contributed by atoms with Gasteiger partial charge in [0.05, 0.1) is 6.54 Å². The fraction of sp³-hybridized carbons (Fsp3) is 0.556. The molecule has 0 aromatic carbocycles. The van der Waals surface area contributed by atoms with Crippen LogP contribution in [-0.4, -0.2) is 17.5 Å². The minimum absolute atomic E-state index is 0.500. The molecule has 0 saturated heterocycles. The van der Waals surface area contributed by atoms with Crippen molar-refractivity contribution in [2.45, 2.75) is 26.8 Å². The van der Waals surface area contributed by atoms with Crippen LogP contribution in [0.3, 0.4) is 0 Å². The molecule has 1 rings (SSSR count). The molecule has 4 nitrogen and oxygen atoms in total. The van der Waals surface area contributed by atoms with Crippen LogP contribution < -0.4 is 11.1 Å². The largest absolute Gasteiger partial charge is 0.370 e. The van der Waals surface area contributed by atoms with Crippen LogP contribution in [0.5, 0.6) is 0 Å². The summed E-state index contributed by atoms with van der Waals surface area (Å²) in [5.41, 5.74) is 6.67. The van der Waals surface area contributed by atoms with Crippen molar-refractivity contribution in [1.82, 2.24) is 10.3 Å². The van der Waals surface area contributed by atoms with Gasteiger partial charge in [-0.25, -0.2) is 9.98 Å². The molecule has 0 unspecified atom stereocenters. The molecule has 0 radical (unpaired) electrons. The number of aliphatic imine (C=N–C) groups is 1. The predicted molar refractivity (Wildman–Crippen MR) is 60.5 cm³/mol. The number of nitrogens with two attached hydrogens (primary N) is 1. The number of hydrogen-bond acceptors (Lipinski definition) is 3. The third-order valence-electron chi connectivity index (χ3n) is 1.61. The Morgan fingerprint density at radius 1 is 1.71 bits per heavy atom. The molecule has 3 N–H and O–H groups in total. The number of thiazole rings is 1. The second-order valence-electron chi connectivity index (χ2n) is 3.01. The van der Waals surface area contributed by atoms with E-state index in [0.717, 1.165) is 23.7 Å². The number of nitrogens with one attached hydrogen (secondary N) is 1. The van der Waals surface area contributed by atoms with E-state index in [2.05, 4.69) is 22.2 Å². The summed E-state index contributed by atoms with van der Waals surface area (Å²) in [4.78, 5) is 8.47. The van der Waals surface area contributed by atoms with Crippen molar-refractivity contribution in [3.8, 4) is 0 Å². The molecule has 1 aromatic heterocycles. The second-order valence-corrected chi connectivity index (χ2v) is 3.95. The van der Waals surface area contributed by atoms with Gasteiger partial charge in [0, 0.05) is 17.6 Å². The van der Waals surface area contributed by atoms with Crippen LogP contribution in [0, 0.1) is 6.92 Å². The molecule has 14 heavy (non-hydrogen) atoms. The quantitative estimate of drug-likeness (QED) is 0.583. The van der Waals surface area contributed by atoms with Crippen molar-refractivity contribution in [3.05, 3.63) is 16.1 Å². The highest BCUT2D eigenvalue weighted by Gasteiger charge is 1.97. The zero-order valence-corrected chi connectivity index (χ0v) is 9.40. The first-order valence-electron chi connectivity index (χ1n) is 4.67. The van der Waals surface area contributed by atoms with Crippen molar-refractivity contribution >= 4 is 17.3 Å². The minimum atomic E-state index is 0.500. The van der Waals surface area contributed by atoms with Gasteiger partial charge in [-0.2, -0.15) is 0 Å². The molecule has 0 aliphatic rings. The van der Waals surface area contributed by atoms with Crippen molar-refractivity contribution in [1.29, 1.82) is 0 Å². The van der Waals surface area contributed by atoms with Crippen molar-refractivity contribution in [2.24, 2.45) is 10.7 Å². The van der Waals surface area contributed by atoms with Gasteiger partial charge >= 0.3 is 0 Å². The Balaban J connectivity index is 2.38. The molecule has 1 aromatic rings. The average molecular weight is 212 g/mol. The summed E-state index contributed by atoms with van der Waals surface area (Å²) in [5, 5.41) is 6.03. The molecule has 0 bridgehead atoms. The number of guanidine groups is 1. The molecule has 1 heterocycles. The molecule has 78 valence electrons. The molecule has 0 atom stereocenters. The Morgan fingerprint density at radius 2 is 2.50 bits per heavy atom. The molecule has 0 saturated carbocycles. The summed E-state index contributed by atoms with van der Waals surface area (Å²) in [6, 6.07) is 0. The van der Waals surface area contributed by atoms with E-state index in [-0.39, 0.29) is 0 Å². The van der Waals surface area contributed by atoms with E-state index in [1.165, 1.54) is 0 Å². The van der Waals surface area contributed by atoms with Gasteiger partial charge in [0.25, 0.3) is 0 Å². The van der Waals surface area contributed by atoms with Crippen LogP contribution in [0.25, 0.3) is 0 Å². The summed E-state index contributed by atoms with van der Waals surface area (Å²) in [6.45, 7) is 5.50. The SMILES string of the molecule is CCCNC(N)=NCc1nc(C)cs1. The number of nitrogens with zero attached hydrogens (tertiary/aromatic N) is 2. The third-order valence-corrected chi connectivity index (χ3v) is 2.56. The Labute approximate surface area is 88.3 Å². The van der Waals surface area contributed by atoms with Gasteiger partial charge in [-0.3, -0.25) is 0 Å². The summed E-state index contributed by atoms with van der Waals surface area (Å²) in [7, 11) is 0. The lowest BCUT2D eigenvalue weighted by Gasteiger charge is -2.01. The van der Waals surface area contributed by atoms with Crippen LogP contribution in [-0.2, 0) is 6.54 Å². The van der Waals surface area contributed by atoms with E-state index in [9.17, 15) is 0 Å². The molecule has 0 amide bonds. The van der Waals surface area contributed by atoms with Gasteiger partial charge in [0.1, 0.15) is 5.01 Å². The Morgan fingerprint density at radius 3 is 3.07 bits per heavy atom. The van der Waals surface area contributed by atoms with E-state index in [0.29, 0.717) is 12.5 Å². The average Bonchev–Trinajstić information content (AvgIpc) is 2.58. The summed E-state index contributed by atoms with van der Waals surface area (Å²) >= 11 is 1.61. The number of aryl methyl sites for hydroxylation is 1. The molecule has 0 aliphatic carbocycles. The fourth-order valence-electron chi connectivity index (χ4n) is 0.937. The maximum absolute atomic E-state index is 5.63. The van der Waals surface area contributed by atoms with Gasteiger partial charge in [0.15, 0.2) is 5.96 Å². The van der Waals surface area contributed by atoms with Crippen LogP contribution in [0.4, 0.5) is 0 Å². The minimum Gasteiger partial charge on any atom is -0.370 e. The topological polar surface area (TPSA) is 63.3 Å². The van der Waals surface area contributed by atoms with Gasteiger partial charge in [-0.15, -0.1) is 11.3 Å². The number of hydrogen-bond donors (Lipinski definition) is 2. The van der Waals surface area contributed by atoms with Crippen LogP contribution in [0.2, 0.25) is 0 Å². The van der Waals surface area contributed by atoms with Crippen molar-refractivity contribution in [2.75, 3.05) is 6.54 Å². The number of rotatable bonds is 4. The van der Waals surface area contributed by atoms with Gasteiger partial charge < -0.3 is 11.1 Å². The standard InChI is InChI=1S/C9H16N4S/c1-3-4-11-9(10)12-5-8-13-7(2)6-14-8/h6H,3-5H2,1-2H3,(H3,10,11,12). The van der Waals surface area contributed by atoms with Gasteiger partial charge in [0.2, 0.25) is 0 Å². The van der Waals surface area contributed by atoms with Gasteiger partial charge in [-0.05, 0) is 13.3 Å². The lowest BCUT2D eigenvalue weighted by Crippen LogP contribution is -2.32. The van der Waals surface area contributed by atoms with E-state index < -0.39 is 0 Å². The lowest BCUT2D eigenvalue weighted by molar-refractivity contribution is 0.824. The highest BCUT2D eigenvalue weighted by atomic mass is 32.1. The van der Waals surface area contributed by atoms with Crippen molar-refractivity contribution < 1.29 is 0 Å². The maximum atomic E-state index is 5.63. The molecular formula is C9H16N4S. The van der Waals surface area contributed by atoms with Gasteiger partial charge in [-0.1, -0.05) is 6.92 Å². The molecule has 0 fully saturated rings. The monoisotopic (exact) mass is 212 g/mol. The zero-order chi connectivity index (χ0) is 10.4. The highest BCUT2D eigenvalue weighted by molar-refractivity contribution is 7.09. The van der Waals surface area contributed by atoms with E-state index in [1.54, 1.807) is 11.3 Å².